The number of Topliss-reactive ketones (excluding diaryl/α,β-unsaturated/α-hetero) is 1. The molecule has 0 fully saturated rings. The molecule has 0 radical (unpaired) electrons. The number of thioether (sulfide) groups is 1. The van der Waals surface area contributed by atoms with Crippen LogP contribution in [0.5, 0.6) is 0 Å². The maximum atomic E-state index is 13.9. The van der Waals surface area contributed by atoms with Crippen molar-refractivity contribution < 1.29 is 31.9 Å². The van der Waals surface area contributed by atoms with Crippen molar-refractivity contribution in [2.24, 2.45) is 0 Å². The number of aryl methyl sites for hydroxylation is 1. The first-order valence-electron chi connectivity index (χ1n) is 7.03. The number of rotatable bonds is 7. The predicted molar refractivity (Wildman–Crippen MR) is 81.7 cm³/mol. The standard InChI is InChI=1S/C15H17F4NO3S/c1-3-23-14(22)20-7-11(21)5-10-6-13(9(2)4-12(10)16)24-8-15(17,18)19/h4,6H,3,5,7-8H2,1-2H3,(H,20,22). The molecule has 1 amide bonds. The normalized spacial score (nSPS) is 11.2. The summed E-state index contributed by atoms with van der Waals surface area (Å²) in [5, 5.41) is 2.21. The highest BCUT2D eigenvalue weighted by Crippen LogP contribution is 2.31. The van der Waals surface area contributed by atoms with Crippen LogP contribution in [0.4, 0.5) is 22.4 Å². The highest BCUT2D eigenvalue weighted by molar-refractivity contribution is 7.99. The van der Waals surface area contributed by atoms with Gasteiger partial charge in [-0.05, 0) is 37.1 Å². The quantitative estimate of drug-likeness (QED) is 0.590. The molecule has 1 aromatic carbocycles. The second-order valence-electron chi connectivity index (χ2n) is 4.90. The van der Waals surface area contributed by atoms with Gasteiger partial charge in [-0.3, -0.25) is 4.79 Å². The van der Waals surface area contributed by atoms with Gasteiger partial charge in [0.05, 0.1) is 18.9 Å². The van der Waals surface area contributed by atoms with Crippen LogP contribution in [0.25, 0.3) is 0 Å². The molecule has 1 N–H and O–H groups in total. The zero-order chi connectivity index (χ0) is 18.3. The van der Waals surface area contributed by atoms with Crippen molar-refractivity contribution in [2.45, 2.75) is 31.3 Å². The molecule has 0 aliphatic heterocycles. The van der Waals surface area contributed by atoms with Gasteiger partial charge in [0.25, 0.3) is 0 Å². The van der Waals surface area contributed by atoms with E-state index >= 15 is 0 Å². The number of hydrogen-bond acceptors (Lipinski definition) is 4. The fourth-order valence-electron chi connectivity index (χ4n) is 1.77. The van der Waals surface area contributed by atoms with Gasteiger partial charge in [0, 0.05) is 11.3 Å². The Morgan fingerprint density at radius 2 is 1.96 bits per heavy atom. The first kappa shape index (κ1) is 20.3. The molecule has 0 saturated carbocycles. The van der Waals surface area contributed by atoms with E-state index in [1.165, 1.54) is 13.0 Å². The highest BCUT2D eigenvalue weighted by atomic mass is 32.2. The lowest BCUT2D eigenvalue weighted by molar-refractivity contribution is -0.117. The van der Waals surface area contributed by atoms with Crippen LogP contribution in [-0.2, 0) is 16.0 Å². The number of amides is 1. The minimum absolute atomic E-state index is 0.0130. The summed E-state index contributed by atoms with van der Waals surface area (Å²) < 4.78 is 55.4. The van der Waals surface area contributed by atoms with Crippen molar-refractivity contribution >= 4 is 23.6 Å². The molecule has 1 rings (SSSR count). The van der Waals surface area contributed by atoms with Crippen LogP contribution in [0.3, 0.4) is 0 Å². The Bertz CT molecular complexity index is 605. The summed E-state index contributed by atoms with van der Waals surface area (Å²) in [6.45, 7) is 2.89. The van der Waals surface area contributed by atoms with Crippen LogP contribution < -0.4 is 5.32 Å². The molecule has 134 valence electrons. The van der Waals surface area contributed by atoms with E-state index in [-0.39, 0.29) is 30.0 Å². The molecule has 4 nitrogen and oxygen atoms in total. The van der Waals surface area contributed by atoms with Gasteiger partial charge in [0.2, 0.25) is 0 Å². The van der Waals surface area contributed by atoms with E-state index in [0.29, 0.717) is 17.3 Å². The summed E-state index contributed by atoms with van der Waals surface area (Å²) in [5.41, 5.74) is 0.350. The maximum Gasteiger partial charge on any atom is 0.407 e. The number of hydrogen-bond donors (Lipinski definition) is 1. The van der Waals surface area contributed by atoms with Crippen LogP contribution in [0, 0.1) is 12.7 Å². The van der Waals surface area contributed by atoms with Crippen molar-refractivity contribution in [3.63, 3.8) is 0 Å². The monoisotopic (exact) mass is 367 g/mol. The van der Waals surface area contributed by atoms with Gasteiger partial charge in [-0.1, -0.05) is 0 Å². The Labute approximate surface area is 140 Å². The van der Waals surface area contributed by atoms with Crippen molar-refractivity contribution in [1.29, 1.82) is 0 Å². The molecule has 0 heterocycles. The molecule has 0 unspecified atom stereocenters. The lowest BCUT2D eigenvalue weighted by atomic mass is 10.1. The second kappa shape index (κ2) is 8.91. The molecule has 0 saturated heterocycles. The fraction of sp³-hybridized carbons (Fsp3) is 0.467. The molecule has 1 aromatic rings. The average Bonchev–Trinajstić information content (AvgIpc) is 2.46. The van der Waals surface area contributed by atoms with E-state index < -0.39 is 29.6 Å². The van der Waals surface area contributed by atoms with E-state index in [0.717, 1.165) is 6.07 Å². The van der Waals surface area contributed by atoms with Crippen LogP contribution in [0.15, 0.2) is 17.0 Å². The van der Waals surface area contributed by atoms with E-state index in [9.17, 15) is 27.2 Å². The molecule has 0 spiro atoms. The molecule has 0 aliphatic carbocycles. The molecule has 0 bridgehead atoms. The van der Waals surface area contributed by atoms with E-state index in [1.54, 1.807) is 6.92 Å². The van der Waals surface area contributed by atoms with Crippen molar-refractivity contribution in [2.75, 3.05) is 18.9 Å². The molecule has 0 atom stereocenters. The summed E-state index contributed by atoms with van der Waals surface area (Å²) in [5.74, 6) is -2.26. The fourth-order valence-corrected chi connectivity index (χ4v) is 2.60. The van der Waals surface area contributed by atoms with Crippen LogP contribution in [0.1, 0.15) is 18.1 Å². The van der Waals surface area contributed by atoms with Crippen LogP contribution in [-0.4, -0.2) is 37.0 Å². The van der Waals surface area contributed by atoms with Crippen molar-refractivity contribution in [3.05, 3.63) is 29.1 Å². The topological polar surface area (TPSA) is 55.4 Å². The third-order valence-corrected chi connectivity index (χ3v) is 4.05. The van der Waals surface area contributed by atoms with E-state index in [2.05, 4.69) is 10.1 Å². The van der Waals surface area contributed by atoms with Gasteiger partial charge >= 0.3 is 12.3 Å². The van der Waals surface area contributed by atoms with E-state index in [1.807, 2.05) is 0 Å². The van der Waals surface area contributed by atoms with Gasteiger partial charge in [0.15, 0.2) is 5.78 Å². The molecule has 0 aromatic heterocycles. The number of ether oxygens (including phenoxy) is 1. The third-order valence-electron chi connectivity index (χ3n) is 2.83. The Kier molecular flexibility index (Phi) is 7.53. The SMILES string of the molecule is CCOC(=O)NCC(=O)Cc1cc(SCC(F)(F)F)c(C)cc1F. The number of ketones is 1. The summed E-state index contributed by atoms with van der Waals surface area (Å²) in [6, 6.07) is 2.34. The largest absolute Gasteiger partial charge is 0.450 e. The maximum absolute atomic E-state index is 13.9. The number of nitrogens with one attached hydrogen (secondary N) is 1. The number of benzene rings is 1. The lowest BCUT2D eigenvalue weighted by Crippen LogP contribution is -2.31. The number of halogens is 4. The van der Waals surface area contributed by atoms with Gasteiger partial charge in [0.1, 0.15) is 5.82 Å². The Hall–Kier alpha value is -1.77. The van der Waals surface area contributed by atoms with Gasteiger partial charge in [-0.25, -0.2) is 9.18 Å². The van der Waals surface area contributed by atoms with Crippen LogP contribution in [0.2, 0.25) is 0 Å². The molecular formula is C15H17F4NO3S. The summed E-state index contributed by atoms with van der Waals surface area (Å²) in [6.07, 6.45) is -5.44. The van der Waals surface area contributed by atoms with Gasteiger partial charge in [-0.15, -0.1) is 11.8 Å². The number of carbonyl (C=O) groups is 2. The Morgan fingerprint density at radius 3 is 2.54 bits per heavy atom. The lowest BCUT2D eigenvalue weighted by Gasteiger charge is -2.11. The summed E-state index contributed by atoms with van der Waals surface area (Å²) in [7, 11) is 0. The molecule has 9 heteroatoms. The number of alkyl carbamates (subject to hydrolysis) is 1. The smallest absolute Gasteiger partial charge is 0.407 e. The minimum atomic E-state index is -4.34. The Morgan fingerprint density at radius 1 is 1.29 bits per heavy atom. The van der Waals surface area contributed by atoms with Crippen molar-refractivity contribution in [3.8, 4) is 0 Å². The van der Waals surface area contributed by atoms with E-state index in [4.69, 9.17) is 0 Å². The molecule has 24 heavy (non-hydrogen) atoms. The second-order valence-corrected chi connectivity index (χ2v) is 5.92. The summed E-state index contributed by atoms with van der Waals surface area (Å²) in [4.78, 5) is 23.1. The predicted octanol–water partition coefficient (Wildman–Crippen LogP) is 3.65. The van der Waals surface area contributed by atoms with Gasteiger partial charge < -0.3 is 10.1 Å². The third kappa shape index (κ3) is 7.20. The van der Waals surface area contributed by atoms with Crippen LogP contribution >= 0.6 is 11.8 Å². The number of alkyl halides is 3. The Balaban J connectivity index is 2.73. The zero-order valence-electron chi connectivity index (χ0n) is 13.1. The highest BCUT2D eigenvalue weighted by Gasteiger charge is 2.27. The first-order chi connectivity index (χ1) is 11.1. The average molecular weight is 367 g/mol. The number of carbonyl (C=O) groups excluding carboxylic acids is 2. The van der Waals surface area contributed by atoms with Gasteiger partial charge in [-0.2, -0.15) is 13.2 Å². The van der Waals surface area contributed by atoms with Crippen molar-refractivity contribution in [1.82, 2.24) is 5.32 Å². The first-order valence-corrected chi connectivity index (χ1v) is 8.01. The molecule has 0 aliphatic rings. The summed E-state index contributed by atoms with van der Waals surface area (Å²) >= 11 is 0.536. The zero-order valence-corrected chi connectivity index (χ0v) is 13.9. The minimum Gasteiger partial charge on any atom is -0.450 e. The molecular weight excluding hydrogens is 350 g/mol.